The largest absolute Gasteiger partial charge is 0.369 e. The van der Waals surface area contributed by atoms with Crippen molar-refractivity contribution in [3.63, 3.8) is 0 Å². The van der Waals surface area contributed by atoms with Gasteiger partial charge in [0, 0.05) is 36.1 Å². The van der Waals surface area contributed by atoms with Gasteiger partial charge in [0.25, 0.3) is 5.91 Å². The summed E-state index contributed by atoms with van der Waals surface area (Å²) in [6.07, 6.45) is 1.01. The van der Waals surface area contributed by atoms with Gasteiger partial charge in [0.1, 0.15) is 0 Å². The molecule has 0 bridgehead atoms. The van der Waals surface area contributed by atoms with Crippen LogP contribution in [0.4, 0.5) is 11.4 Å². The summed E-state index contributed by atoms with van der Waals surface area (Å²) in [7, 11) is 4.14. The molecule has 0 spiro atoms. The van der Waals surface area contributed by atoms with Gasteiger partial charge in [0.2, 0.25) is 0 Å². The molecule has 26 heavy (non-hydrogen) atoms. The summed E-state index contributed by atoms with van der Waals surface area (Å²) in [5, 5.41) is 2.97. The van der Waals surface area contributed by atoms with E-state index in [1.54, 1.807) is 0 Å². The second kappa shape index (κ2) is 9.39. The highest BCUT2D eigenvalue weighted by atomic mass is 16.1. The summed E-state index contributed by atoms with van der Waals surface area (Å²) in [6.45, 7) is 8.45. The third kappa shape index (κ3) is 5.60. The Morgan fingerprint density at radius 1 is 1.00 bits per heavy atom. The van der Waals surface area contributed by atoms with E-state index in [2.05, 4.69) is 62.1 Å². The number of nitrogens with zero attached hydrogens (tertiary/aromatic N) is 2. The van der Waals surface area contributed by atoms with Crippen molar-refractivity contribution < 1.29 is 4.79 Å². The highest BCUT2D eigenvalue weighted by Crippen LogP contribution is 2.19. The zero-order valence-corrected chi connectivity index (χ0v) is 16.6. The molecule has 4 nitrogen and oxygen atoms in total. The average Bonchev–Trinajstić information content (AvgIpc) is 2.62. The second-order valence-electron chi connectivity index (χ2n) is 7.13. The quantitative estimate of drug-likeness (QED) is 0.769. The van der Waals surface area contributed by atoms with Crippen LogP contribution < -0.4 is 10.2 Å². The fourth-order valence-electron chi connectivity index (χ4n) is 2.96. The number of amides is 1. The predicted molar refractivity (Wildman–Crippen MR) is 111 cm³/mol. The lowest BCUT2D eigenvalue weighted by atomic mass is 10.1. The van der Waals surface area contributed by atoms with Gasteiger partial charge in [-0.3, -0.25) is 4.79 Å². The standard InChI is InChI=1S/C22H31N3O/c1-6-25(17(2)3)21-13-9-19(10-14-21)22(26)23-20-11-7-18(8-12-20)15-16-24(4)5/h7-14,17H,6,15-16H2,1-5H3,(H,23,26). The molecule has 1 amide bonds. The van der Waals surface area contributed by atoms with E-state index in [0.717, 1.165) is 30.9 Å². The van der Waals surface area contributed by atoms with Crippen molar-refractivity contribution in [2.45, 2.75) is 33.2 Å². The minimum atomic E-state index is -0.0785. The number of likely N-dealkylation sites (N-methyl/N-ethyl adjacent to an activating group) is 1. The van der Waals surface area contributed by atoms with Gasteiger partial charge < -0.3 is 15.1 Å². The van der Waals surface area contributed by atoms with Crippen LogP contribution in [-0.4, -0.2) is 44.0 Å². The van der Waals surface area contributed by atoms with Crippen LogP contribution in [0.25, 0.3) is 0 Å². The molecule has 0 aliphatic carbocycles. The first-order valence-electron chi connectivity index (χ1n) is 9.32. The van der Waals surface area contributed by atoms with Crippen LogP contribution >= 0.6 is 0 Å². The minimum Gasteiger partial charge on any atom is -0.369 e. The molecule has 1 N–H and O–H groups in total. The molecular formula is C22H31N3O. The molecule has 0 aliphatic rings. The SMILES string of the molecule is CCN(c1ccc(C(=O)Nc2ccc(CCN(C)C)cc2)cc1)C(C)C. The maximum atomic E-state index is 12.5. The third-order valence-electron chi connectivity index (χ3n) is 4.48. The summed E-state index contributed by atoms with van der Waals surface area (Å²) < 4.78 is 0. The number of hydrogen-bond acceptors (Lipinski definition) is 3. The van der Waals surface area contributed by atoms with Gasteiger partial charge in [-0.05, 0) is 83.2 Å². The molecule has 0 heterocycles. The average molecular weight is 354 g/mol. The maximum absolute atomic E-state index is 12.5. The zero-order chi connectivity index (χ0) is 19.1. The Balaban J connectivity index is 1.99. The van der Waals surface area contributed by atoms with E-state index < -0.39 is 0 Å². The Morgan fingerprint density at radius 2 is 1.62 bits per heavy atom. The number of carbonyl (C=O) groups is 1. The van der Waals surface area contributed by atoms with Crippen molar-refractivity contribution in [1.82, 2.24) is 4.90 Å². The lowest BCUT2D eigenvalue weighted by molar-refractivity contribution is 0.102. The van der Waals surface area contributed by atoms with Crippen LogP contribution in [-0.2, 0) is 6.42 Å². The molecule has 2 rings (SSSR count). The molecule has 0 aromatic heterocycles. The molecule has 0 atom stereocenters. The van der Waals surface area contributed by atoms with Gasteiger partial charge >= 0.3 is 0 Å². The van der Waals surface area contributed by atoms with Crippen molar-refractivity contribution >= 4 is 17.3 Å². The smallest absolute Gasteiger partial charge is 0.255 e. The molecule has 0 unspecified atom stereocenters. The first-order valence-corrected chi connectivity index (χ1v) is 9.32. The second-order valence-corrected chi connectivity index (χ2v) is 7.13. The Bertz CT molecular complexity index is 690. The molecule has 0 aliphatic heterocycles. The molecule has 0 saturated carbocycles. The van der Waals surface area contributed by atoms with Gasteiger partial charge in [-0.1, -0.05) is 12.1 Å². The van der Waals surface area contributed by atoms with E-state index in [0.29, 0.717) is 11.6 Å². The topological polar surface area (TPSA) is 35.6 Å². The Hall–Kier alpha value is -2.33. The molecular weight excluding hydrogens is 322 g/mol. The molecule has 2 aromatic rings. The predicted octanol–water partition coefficient (Wildman–Crippen LogP) is 4.28. The summed E-state index contributed by atoms with van der Waals surface area (Å²) in [4.78, 5) is 16.9. The molecule has 4 heteroatoms. The summed E-state index contributed by atoms with van der Waals surface area (Å²) in [5.74, 6) is -0.0785. The van der Waals surface area contributed by atoms with Crippen LogP contribution in [0.3, 0.4) is 0 Å². The molecule has 0 fully saturated rings. The Labute approximate surface area is 157 Å². The first-order chi connectivity index (χ1) is 12.4. The van der Waals surface area contributed by atoms with Gasteiger partial charge in [-0.15, -0.1) is 0 Å². The van der Waals surface area contributed by atoms with E-state index in [1.165, 1.54) is 5.56 Å². The molecule has 2 aromatic carbocycles. The van der Waals surface area contributed by atoms with Gasteiger partial charge in [-0.25, -0.2) is 0 Å². The Morgan fingerprint density at radius 3 is 2.12 bits per heavy atom. The maximum Gasteiger partial charge on any atom is 0.255 e. The van der Waals surface area contributed by atoms with E-state index in [1.807, 2.05) is 36.4 Å². The van der Waals surface area contributed by atoms with E-state index in [4.69, 9.17) is 0 Å². The van der Waals surface area contributed by atoms with Crippen molar-refractivity contribution in [2.24, 2.45) is 0 Å². The normalized spacial score (nSPS) is 11.0. The fraction of sp³-hybridized carbons (Fsp3) is 0.409. The summed E-state index contributed by atoms with van der Waals surface area (Å²) in [6, 6.07) is 16.3. The van der Waals surface area contributed by atoms with Crippen molar-refractivity contribution in [2.75, 3.05) is 37.4 Å². The first kappa shape index (κ1) is 20.0. The number of benzene rings is 2. The number of carbonyl (C=O) groups excluding carboxylic acids is 1. The molecule has 0 saturated heterocycles. The Kier molecular flexibility index (Phi) is 7.22. The van der Waals surface area contributed by atoms with Crippen LogP contribution in [0.15, 0.2) is 48.5 Å². The van der Waals surface area contributed by atoms with E-state index in [9.17, 15) is 4.79 Å². The van der Waals surface area contributed by atoms with Crippen LogP contribution in [0.1, 0.15) is 36.7 Å². The number of rotatable bonds is 8. The van der Waals surface area contributed by atoms with Crippen molar-refractivity contribution in [1.29, 1.82) is 0 Å². The minimum absolute atomic E-state index is 0.0785. The van der Waals surface area contributed by atoms with Crippen molar-refractivity contribution in [3.05, 3.63) is 59.7 Å². The number of anilines is 2. The molecule has 140 valence electrons. The highest BCUT2D eigenvalue weighted by molar-refractivity contribution is 6.04. The third-order valence-corrected chi connectivity index (χ3v) is 4.48. The monoisotopic (exact) mass is 353 g/mol. The van der Waals surface area contributed by atoms with E-state index >= 15 is 0 Å². The summed E-state index contributed by atoms with van der Waals surface area (Å²) >= 11 is 0. The van der Waals surface area contributed by atoms with Gasteiger partial charge in [0.05, 0.1) is 0 Å². The van der Waals surface area contributed by atoms with E-state index in [-0.39, 0.29) is 5.91 Å². The lowest BCUT2D eigenvalue weighted by Crippen LogP contribution is -2.30. The van der Waals surface area contributed by atoms with Crippen LogP contribution in [0, 0.1) is 0 Å². The van der Waals surface area contributed by atoms with Crippen LogP contribution in [0.2, 0.25) is 0 Å². The van der Waals surface area contributed by atoms with Crippen LogP contribution in [0.5, 0.6) is 0 Å². The number of nitrogens with one attached hydrogen (secondary N) is 1. The lowest BCUT2D eigenvalue weighted by Gasteiger charge is -2.27. The van der Waals surface area contributed by atoms with Crippen molar-refractivity contribution in [3.8, 4) is 0 Å². The number of hydrogen-bond donors (Lipinski definition) is 1. The summed E-state index contributed by atoms with van der Waals surface area (Å²) in [5.41, 5.74) is 3.91. The van der Waals surface area contributed by atoms with Gasteiger partial charge in [0.15, 0.2) is 0 Å². The fourth-order valence-corrected chi connectivity index (χ4v) is 2.96. The molecule has 0 radical (unpaired) electrons. The zero-order valence-electron chi connectivity index (χ0n) is 16.6. The highest BCUT2D eigenvalue weighted by Gasteiger charge is 2.10. The van der Waals surface area contributed by atoms with Gasteiger partial charge in [-0.2, -0.15) is 0 Å².